The Hall–Kier alpha value is -3.54. The molecule has 0 atom stereocenters. The molecule has 2 aromatic rings. The van der Waals surface area contributed by atoms with E-state index in [1.807, 2.05) is 0 Å². The molecule has 0 unspecified atom stereocenters. The van der Waals surface area contributed by atoms with E-state index in [1.165, 1.54) is 18.2 Å². The number of nitroso groups, excluding NO2 is 1. The highest BCUT2D eigenvalue weighted by molar-refractivity contribution is 6.32. The van der Waals surface area contributed by atoms with E-state index < -0.39 is 11.6 Å². The van der Waals surface area contributed by atoms with Crippen molar-refractivity contribution < 1.29 is 24.9 Å². The summed E-state index contributed by atoms with van der Waals surface area (Å²) < 4.78 is 0. The number of phenols is 1. The summed E-state index contributed by atoms with van der Waals surface area (Å²) in [7, 11) is 0. The number of rotatable bonds is 13. The molecule has 0 saturated heterocycles. The van der Waals surface area contributed by atoms with Crippen LogP contribution in [0, 0.1) is 4.91 Å². The van der Waals surface area contributed by atoms with Gasteiger partial charge in [0.2, 0.25) is 0 Å². The number of anilines is 2. The van der Waals surface area contributed by atoms with Gasteiger partial charge in [0.05, 0.1) is 48.3 Å². The van der Waals surface area contributed by atoms with Crippen molar-refractivity contribution in [2.75, 3.05) is 63.1 Å². The van der Waals surface area contributed by atoms with Crippen LogP contribution in [0.1, 0.15) is 31.8 Å². The van der Waals surface area contributed by atoms with Crippen molar-refractivity contribution in [2.45, 2.75) is 0 Å². The number of ketones is 2. The lowest BCUT2D eigenvalue weighted by Crippen LogP contribution is -2.29. The molecule has 11 heteroatoms. The molecule has 176 valence electrons. The number of fused-ring (bicyclic) bond motifs is 2. The second-order valence-corrected chi connectivity index (χ2v) is 7.35. The largest absolute Gasteiger partial charge is 0.507 e. The molecular formula is C22H27N5O6. The predicted octanol–water partition coefficient (Wildman–Crippen LogP) is 0.549. The Balaban J connectivity index is 1.93. The third-order valence-corrected chi connectivity index (χ3v) is 5.24. The lowest BCUT2D eigenvalue weighted by molar-refractivity contribution is 0.0977. The Kier molecular flexibility index (Phi) is 8.30. The minimum atomic E-state index is -0.469. The van der Waals surface area contributed by atoms with Gasteiger partial charge in [-0.2, -0.15) is 0 Å². The Labute approximate surface area is 190 Å². The summed E-state index contributed by atoms with van der Waals surface area (Å²) in [5.74, 6) is -1.13. The van der Waals surface area contributed by atoms with Crippen molar-refractivity contribution in [2.24, 2.45) is 5.29 Å². The first kappa shape index (κ1) is 24.1. The average Bonchev–Trinajstić information content (AvgIpc) is 2.82. The maximum absolute atomic E-state index is 13.4. The monoisotopic (exact) mass is 457 g/mol. The summed E-state index contributed by atoms with van der Waals surface area (Å²) in [6.07, 6.45) is 0. The molecular weight excluding hydrogens is 430 g/mol. The third-order valence-electron chi connectivity index (χ3n) is 5.24. The third kappa shape index (κ3) is 5.28. The summed E-state index contributed by atoms with van der Waals surface area (Å²) in [5.41, 5.74) is 1.28. The standard InChI is InChI=1S/C22H27N5O6/c28-12-9-23-6-7-24-16-5-4-15(25-8-10-27(26-33)11-13-29)19-20(16)22(32)18-14(21(19)31)2-1-3-17(18)30/h1-5,23-25,28-30H,6-13H2. The van der Waals surface area contributed by atoms with Crippen molar-refractivity contribution in [1.29, 1.82) is 0 Å². The number of nitrogens with zero attached hydrogens (tertiary/aromatic N) is 2. The average molecular weight is 457 g/mol. The highest BCUT2D eigenvalue weighted by Gasteiger charge is 2.35. The molecule has 11 nitrogen and oxygen atoms in total. The van der Waals surface area contributed by atoms with Crippen molar-refractivity contribution in [3.05, 3.63) is 57.5 Å². The van der Waals surface area contributed by atoms with Gasteiger partial charge in [-0.1, -0.05) is 12.1 Å². The molecule has 0 radical (unpaired) electrons. The van der Waals surface area contributed by atoms with Gasteiger partial charge >= 0.3 is 0 Å². The van der Waals surface area contributed by atoms with Crippen LogP contribution < -0.4 is 16.0 Å². The molecule has 2 aromatic carbocycles. The molecule has 0 amide bonds. The molecule has 0 saturated carbocycles. The van der Waals surface area contributed by atoms with Gasteiger partial charge < -0.3 is 31.3 Å². The van der Waals surface area contributed by atoms with E-state index in [0.717, 1.165) is 5.01 Å². The smallest absolute Gasteiger partial charge is 0.200 e. The number of carbonyl (C=O) groups excluding carboxylic acids is 2. The topological polar surface area (TPSA) is 164 Å². The van der Waals surface area contributed by atoms with Gasteiger partial charge in [-0.15, -0.1) is 4.91 Å². The van der Waals surface area contributed by atoms with Crippen LogP contribution in [0.15, 0.2) is 35.6 Å². The van der Waals surface area contributed by atoms with Gasteiger partial charge in [0.1, 0.15) is 5.75 Å². The molecule has 0 aromatic heterocycles. The molecule has 0 bridgehead atoms. The molecule has 1 aliphatic rings. The van der Waals surface area contributed by atoms with Crippen LogP contribution in [-0.4, -0.2) is 84.4 Å². The van der Waals surface area contributed by atoms with Crippen LogP contribution in [0.3, 0.4) is 0 Å². The van der Waals surface area contributed by atoms with Crippen LogP contribution >= 0.6 is 0 Å². The van der Waals surface area contributed by atoms with Gasteiger partial charge in [-0.25, -0.2) is 0 Å². The first-order valence-electron chi connectivity index (χ1n) is 10.6. The Bertz CT molecular complexity index is 1030. The maximum atomic E-state index is 13.4. The van der Waals surface area contributed by atoms with Gasteiger partial charge in [-0.3, -0.25) is 14.6 Å². The number of aliphatic hydroxyl groups is 2. The number of nitrogens with one attached hydrogen (secondary N) is 3. The van der Waals surface area contributed by atoms with Gasteiger partial charge in [0.25, 0.3) is 0 Å². The van der Waals surface area contributed by atoms with Gasteiger partial charge in [-0.05, 0) is 18.2 Å². The summed E-state index contributed by atoms with van der Waals surface area (Å²) in [4.78, 5) is 37.6. The summed E-state index contributed by atoms with van der Waals surface area (Å²) in [6, 6.07) is 7.72. The van der Waals surface area contributed by atoms with Crippen molar-refractivity contribution in [1.82, 2.24) is 10.3 Å². The molecule has 1 aliphatic carbocycles. The first-order valence-corrected chi connectivity index (χ1v) is 10.6. The Morgan fingerprint density at radius 2 is 1.48 bits per heavy atom. The predicted molar refractivity (Wildman–Crippen MR) is 123 cm³/mol. The number of phenolic OH excluding ortho intramolecular Hbond substituents is 1. The number of aliphatic hydroxyl groups excluding tert-OH is 2. The summed E-state index contributed by atoms with van der Waals surface area (Å²) >= 11 is 0. The molecule has 33 heavy (non-hydrogen) atoms. The van der Waals surface area contributed by atoms with E-state index in [0.29, 0.717) is 31.0 Å². The minimum absolute atomic E-state index is 0.00811. The lowest BCUT2D eigenvalue weighted by Gasteiger charge is -2.24. The molecule has 0 aliphatic heterocycles. The SMILES string of the molecule is O=NN(CCO)CCNc1ccc(NCCNCCO)c2c1C(=O)c1cccc(O)c1C2=O. The van der Waals surface area contributed by atoms with Crippen LogP contribution in [0.5, 0.6) is 5.75 Å². The quantitative estimate of drug-likeness (QED) is 0.121. The number of aromatic hydroxyl groups is 1. The summed E-state index contributed by atoms with van der Waals surface area (Å²) in [6.45, 7) is 1.70. The molecule has 3 rings (SSSR count). The molecule has 0 fully saturated rings. The fourth-order valence-electron chi connectivity index (χ4n) is 3.71. The van der Waals surface area contributed by atoms with Crippen molar-refractivity contribution in [3.8, 4) is 5.75 Å². The number of hydrogen-bond donors (Lipinski definition) is 6. The van der Waals surface area contributed by atoms with E-state index in [2.05, 4.69) is 21.2 Å². The van der Waals surface area contributed by atoms with Crippen LogP contribution in [0.4, 0.5) is 11.4 Å². The molecule has 0 spiro atoms. The minimum Gasteiger partial charge on any atom is -0.507 e. The zero-order chi connectivity index (χ0) is 23.8. The maximum Gasteiger partial charge on any atom is 0.200 e. The van der Waals surface area contributed by atoms with Crippen molar-refractivity contribution in [3.63, 3.8) is 0 Å². The Morgan fingerprint density at radius 3 is 2.15 bits per heavy atom. The van der Waals surface area contributed by atoms with Gasteiger partial charge in [0, 0.05) is 43.1 Å². The van der Waals surface area contributed by atoms with E-state index in [-0.39, 0.29) is 60.9 Å². The highest BCUT2D eigenvalue weighted by Crippen LogP contribution is 2.39. The number of hydrogen-bond acceptors (Lipinski definition) is 10. The normalized spacial score (nSPS) is 12.2. The van der Waals surface area contributed by atoms with E-state index in [1.54, 1.807) is 12.1 Å². The van der Waals surface area contributed by atoms with E-state index >= 15 is 0 Å². The Morgan fingerprint density at radius 1 is 0.788 bits per heavy atom. The van der Waals surface area contributed by atoms with E-state index in [4.69, 9.17) is 10.2 Å². The second-order valence-electron chi connectivity index (χ2n) is 7.35. The fraction of sp³-hybridized carbons (Fsp3) is 0.364. The van der Waals surface area contributed by atoms with Crippen LogP contribution in [0.25, 0.3) is 0 Å². The fourth-order valence-corrected chi connectivity index (χ4v) is 3.71. The van der Waals surface area contributed by atoms with Crippen molar-refractivity contribution >= 4 is 22.9 Å². The summed E-state index contributed by atoms with van der Waals surface area (Å²) in [5, 5.41) is 41.4. The zero-order valence-corrected chi connectivity index (χ0v) is 18.0. The lowest BCUT2D eigenvalue weighted by atomic mass is 9.81. The van der Waals surface area contributed by atoms with Crippen LogP contribution in [0.2, 0.25) is 0 Å². The molecule has 6 N–H and O–H groups in total. The van der Waals surface area contributed by atoms with Crippen LogP contribution in [-0.2, 0) is 0 Å². The van der Waals surface area contributed by atoms with E-state index in [9.17, 15) is 19.6 Å². The number of benzene rings is 2. The molecule has 0 heterocycles. The first-order chi connectivity index (χ1) is 16.0. The van der Waals surface area contributed by atoms with Gasteiger partial charge in [0.15, 0.2) is 11.6 Å². The second kappa shape index (κ2) is 11.4. The zero-order valence-electron chi connectivity index (χ0n) is 18.0. The highest BCUT2D eigenvalue weighted by atomic mass is 16.3. The number of carbonyl (C=O) groups is 2.